The SMILES string of the molecule is O=C1[C@@H]2C[C@@H]3C(=CC[C@@H]4C(=O)N(c5ccc(Nc6ccccc6)cc5)C(=O)[C@@H]43)[C@H](c3ccc(OCc4ccccc4)cc3O)[C@]2(c2ccc(Cl)cc2)C(=O)N1Nc1ncc(C(F)(F)F)cc1Cl. The number of nitrogens with zero attached hydrogens (tertiary/aromatic N) is 3. The summed E-state index contributed by atoms with van der Waals surface area (Å²) in [7, 11) is 0. The summed E-state index contributed by atoms with van der Waals surface area (Å²) < 4.78 is 47.0. The first-order valence-corrected chi connectivity index (χ1v) is 22.1. The van der Waals surface area contributed by atoms with E-state index in [0.717, 1.165) is 16.9 Å². The molecule has 11 nitrogen and oxygen atoms in total. The Labute approximate surface area is 391 Å². The van der Waals surface area contributed by atoms with Crippen LogP contribution in [0.5, 0.6) is 11.5 Å². The zero-order chi connectivity index (χ0) is 46.8. The van der Waals surface area contributed by atoms with Crippen molar-refractivity contribution < 1.29 is 42.2 Å². The predicted molar refractivity (Wildman–Crippen MR) is 244 cm³/mol. The Morgan fingerprint density at radius 3 is 2.15 bits per heavy atom. The zero-order valence-electron chi connectivity index (χ0n) is 35.1. The van der Waals surface area contributed by atoms with Gasteiger partial charge in [0.2, 0.25) is 11.8 Å². The molecule has 2 aliphatic heterocycles. The number of hydrogen-bond acceptors (Lipinski definition) is 9. The first kappa shape index (κ1) is 43.7. The Balaban J connectivity index is 1.08. The van der Waals surface area contributed by atoms with Crippen LogP contribution in [0.25, 0.3) is 0 Å². The molecule has 3 N–H and O–H groups in total. The third-order valence-corrected chi connectivity index (χ3v) is 13.8. The number of pyridine rings is 1. The molecule has 5 aromatic carbocycles. The Hall–Kier alpha value is -7.16. The standard InChI is InChI=1S/C51H38Cl2F3N5O6/c52-31-13-11-29(12-14-31)50-40(47(64)61(49(50)66)59-45-41(53)23-30(26-57-45)51(54,55)56)25-39-36(44(50)37-20-19-35(24-42(37)62)67-27-28-7-3-1-4-8-28)21-22-38-43(39)48(65)60(46(38)63)34-17-15-33(16-18-34)58-32-9-5-2-6-10-32/h1-21,23-24,26,38-40,43-44,58,62H,22,25,27H2,(H,57,59)/t38-,39+,40-,43-,44+,50+/m0/s1. The van der Waals surface area contributed by atoms with Gasteiger partial charge in [0.05, 0.1) is 39.4 Å². The van der Waals surface area contributed by atoms with Crippen LogP contribution >= 0.6 is 23.2 Å². The second-order valence-electron chi connectivity index (χ2n) is 17.0. The summed E-state index contributed by atoms with van der Waals surface area (Å²) in [6.07, 6.45) is -2.40. The van der Waals surface area contributed by atoms with Crippen LogP contribution in [0.15, 0.2) is 151 Å². The van der Waals surface area contributed by atoms with Gasteiger partial charge in [0.25, 0.3) is 11.8 Å². The van der Waals surface area contributed by atoms with Crippen molar-refractivity contribution >= 4 is 69.7 Å². The minimum absolute atomic E-state index is 0.102. The molecule has 0 spiro atoms. The molecule has 16 heteroatoms. The van der Waals surface area contributed by atoms with E-state index in [0.29, 0.717) is 44.9 Å². The molecule has 0 unspecified atom stereocenters. The summed E-state index contributed by atoms with van der Waals surface area (Å²) in [6, 6.07) is 37.5. The van der Waals surface area contributed by atoms with E-state index in [1.807, 2.05) is 66.7 Å². The minimum Gasteiger partial charge on any atom is -0.508 e. The molecule has 2 aliphatic carbocycles. The van der Waals surface area contributed by atoms with Crippen molar-refractivity contribution in [2.45, 2.75) is 37.0 Å². The fraction of sp³-hybridized carbons (Fsp3) is 0.196. The number of alkyl halides is 3. The number of ether oxygens (including phenoxy) is 1. The maximum Gasteiger partial charge on any atom is 0.417 e. The molecule has 4 amide bonds. The van der Waals surface area contributed by atoms with E-state index in [-0.39, 0.29) is 30.8 Å². The van der Waals surface area contributed by atoms with E-state index in [1.54, 1.807) is 60.7 Å². The molecule has 6 aromatic rings. The number of aromatic nitrogens is 1. The lowest BCUT2D eigenvalue weighted by Crippen LogP contribution is -2.53. The monoisotopic (exact) mass is 943 g/mol. The third-order valence-electron chi connectivity index (χ3n) is 13.3. The number of rotatable bonds is 10. The van der Waals surface area contributed by atoms with Crippen molar-refractivity contribution in [1.29, 1.82) is 0 Å². The van der Waals surface area contributed by atoms with Gasteiger partial charge in [0.15, 0.2) is 5.82 Å². The number of para-hydroxylation sites is 1. The number of amides is 4. The number of nitrogens with one attached hydrogen (secondary N) is 2. The molecule has 3 heterocycles. The lowest BCUT2D eigenvalue weighted by atomic mass is 9.49. The normalized spacial score (nSPS) is 23.4. The number of hydrazine groups is 1. The molecular formula is C51H38Cl2F3N5O6. The van der Waals surface area contributed by atoms with Crippen molar-refractivity contribution in [2.75, 3.05) is 15.6 Å². The van der Waals surface area contributed by atoms with Gasteiger partial charge in [-0.1, -0.05) is 102 Å². The van der Waals surface area contributed by atoms with Crippen LogP contribution < -0.4 is 20.4 Å². The Kier molecular flexibility index (Phi) is 11.0. The van der Waals surface area contributed by atoms with Crippen molar-refractivity contribution in [3.8, 4) is 11.5 Å². The lowest BCUT2D eigenvalue weighted by molar-refractivity contribution is -0.139. The molecule has 2 saturated heterocycles. The van der Waals surface area contributed by atoms with Crippen LogP contribution in [0, 0.1) is 23.7 Å². The summed E-state index contributed by atoms with van der Waals surface area (Å²) in [6.45, 7) is 0.184. The van der Waals surface area contributed by atoms with Crippen LogP contribution in [-0.4, -0.2) is 38.7 Å². The van der Waals surface area contributed by atoms with E-state index in [9.17, 15) is 27.9 Å². The number of anilines is 4. The Bertz CT molecular complexity index is 2980. The maximum absolute atomic E-state index is 15.6. The highest BCUT2D eigenvalue weighted by molar-refractivity contribution is 6.33. The molecule has 338 valence electrons. The highest BCUT2D eigenvalue weighted by Crippen LogP contribution is 2.65. The van der Waals surface area contributed by atoms with Gasteiger partial charge in [0, 0.05) is 40.1 Å². The molecule has 1 saturated carbocycles. The molecule has 4 aliphatic rings. The van der Waals surface area contributed by atoms with Gasteiger partial charge >= 0.3 is 6.18 Å². The zero-order valence-corrected chi connectivity index (χ0v) is 36.6. The predicted octanol–water partition coefficient (Wildman–Crippen LogP) is 10.6. The Morgan fingerprint density at radius 1 is 0.791 bits per heavy atom. The molecule has 6 atom stereocenters. The first-order valence-electron chi connectivity index (χ1n) is 21.4. The van der Waals surface area contributed by atoms with Crippen molar-refractivity contribution in [3.63, 3.8) is 0 Å². The van der Waals surface area contributed by atoms with Crippen molar-refractivity contribution in [2.24, 2.45) is 23.7 Å². The Morgan fingerprint density at radius 2 is 1.48 bits per heavy atom. The van der Waals surface area contributed by atoms with Gasteiger partial charge in [-0.05, 0) is 90.6 Å². The molecule has 10 rings (SSSR count). The smallest absolute Gasteiger partial charge is 0.417 e. The lowest BCUT2D eigenvalue weighted by Gasteiger charge is -2.50. The van der Waals surface area contributed by atoms with Gasteiger partial charge < -0.3 is 15.2 Å². The number of halogens is 5. The number of allylic oxidation sites excluding steroid dienone is 2. The van der Waals surface area contributed by atoms with Gasteiger partial charge in [-0.15, -0.1) is 0 Å². The van der Waals surface area contributed by atoms with Gasteiger partial charge in [-0.25, -0.2) is 4.98 Å². The molecule has 1 aromatic heterocycles. The highest BCUT2D eigenvalue weighted by atomic mass is 35.5. The maximum atomic E-state index is 15.6. The van der Waals surface area contributed by atoms with E-state index in [1.165, 1.54) is 11.0 Å². The molecule has 67 heavy (non-hydrogen) atoms. The van der Waals surface area contributed by atoms with Crippen molar-refractivity contribution in [1.82, 2.24) is 9.99 Å². The minimum atomic E-state index is -4.78. The number of phenols is 1. The highest BCUT2D eigenvalue weighted by Gasteiger charge is 2.71. The molecule has 3 fully saturated rings. The molecule has 0 bridgehead atoms. The number of carbonyl (C=O) groups excluding carboxylic acids is 4. The van der Waals surface area contributed by atoms with Crippen LogP contribution in [0.1, 0.15) is 41.0 Å². The van der Waals surface area contributed by atoms with E-state index < -0.39 is 81.2 Å². The van der Waals surface area contributed by atoms with Crippen molar-refractivity contribution in [3.05, 3.63) is 184 Å². The largest absolute Gasteiger partial charge is 0.508 e. The first-order chi connectivity index (χ1) is 32.2. The van der Waals surface area contributed by atoms with Crippen LogP contribution in [-0.2, 0) is 37.4 Å². The summed E-state index contributed by atoms with van der Waals surface area (Å²) >= 11 is 12.7. The average Bonchev–Trinajstić information content (AvgIpc) is 3.70. The summed E-state index contributed by atoms with van der Waals surface area (Å²) in [5.74, 6) is -7.87. The van der Waals surface area contributed by atoms with Gasteiger partial charge in [0.1, 0.15) is 18.1 Å². The van der Waals surface area contributed by atoms with E-state index in [4.69, 9.17) is 27.9 Å². The quantitative estimate of drug-likeness (QED) is 0.0904. The fourth-order valence-electron chi connectivity index (χ4n) is 10.4. The number of carbonyl (C=O) groups is 4. The summed E-state index contributed by atoms with van der Waals surface area (Å²) in [5, 5.41) is 15.9. The van der Waals surface area contributed by atoms with Crippen LogP contribution in [0.3, 0.4) is 0 Å². The second-order valence-corrected chi connectivity index (χ2v) is 17.8. The molecular weight excluding hydrogens is 906 g/mol. The number of benzene rings is 5. The topological polar surface area (TPSA) is 141 Å². The number of fused-ring (bicyclic) bond motifs is 4. The average molecular weight is 945 g/mol. The summed E-state index contributed by atoms with van der Waals surface area (Å²) in [4.78, 5) is 65.1. The third kappa shape index (κ3) is 7.53. The fourth-order valence-corrected chi connectivity index (χ4v) is 10.7. The number of aromatic hydroxyl groups is 1. The van der Waals surface area contributed by atoms with Crippen LogP contribution in [0.4, 0.5) is 36.1 Å². The molecule has 0 radical (unpaired) electrons. The summed E-state index contributed by atoms with van der Waals surface area (Å²) in [5.41, 5.74) is 3.57. The van der Waals surface area contributed by atoms with E-state index >= 15 is 9.59 Å². The number of phenolic OH excluding ortho intramolecular Hbond substituents is 1. The van der Waals surface area contributed by atoms with Gasteiger partial charge in [-0.2, -0.15) is 18.2 Å². The second kappa shape index (κ2) is 16.9. The number of imide groups is 2. The van der Waals surface area contributed by atoms with Crippen LogP contribution in [0.2, 0.25) is 10.0 Å². The number of hydrogen-bond donors (Lipinski definition) is 3. The van der Waals surface area contributed by atoms with Gasteiger partial charge in [-0.3, -0.25) is 29.5 Å². The van der Waals surface area contributed by atoms with E-state index in [2.05, 4.69) is 15.7 Å².